The van der Waals surface area contributed by atoms with Crippen LogP contribution in [0.1, 0.15) is 59.3 Å². The Labute approximate surface area is 251 Å². The molecule has 2 aliphatic rings. The molecule has 0 aliphatic carbocycles. The van der Waals surface area contributed by atoms with Gasteiger partial charge in [0.1, 0.15) is 5.69 Å². The number of rotatable bonds is 9. The number of aromatic nitrogens is 2. The van der Waals surface area contributed by atoms with Gasteiger partial charge in [-0.15, -0.1) is 0 Å². The van der Waals surface area contributed by atoms with Crippen molar-refractivity contribution in [1.29, 1.82) is 0 Å². The number of ether oxygens (including phenoxy) is 3. The minimum absolute atomic E-state index is 0.00188. The van der Waals surface area contributed by atoms with Gasteiger partial charge in [-0.05, 0) is 54.8 Å². The summed E-state index contributed by atoms with van der Waals surface area (Å²) < 4.78 is 18.8. The molecule has 6 rings (SSSR count). The molecule has 5 atom stereocenters. The molecule has 3 heterocycles. The predicted octanol–water partition coefficient (Wildman–Crippen LogP) is 5.28. The van der Waals surface area contributed by atoms with E-state index < -0.39 is 6.29 Å². The van der Waals surface area contributed by atoms with Crippen LogP contribution in [0, 0.1) is 5.92 Å². The number of aliphatic hydroxyl groups is 1. The predicted molar refractivity (Wildman–Crippen MR) is 163 cm³/mol. The lowest BCUT2D eigenvalue weighted by Gasteiger charge is -2.43. The maximum absolute atomic E-state index is 12.9. The van der Waals surface area contributed by atoms with Crippen molar-refractivity contribution in [2.24, 2.45) is 5.92 Å². The molecule has 0 unspecified atom stereocenters. The number of likely N-dealkylation sites (tertiary alicyclic amines) is 1. The molecule has 1 amide bonds. The molecule has 1 aromatic heterocycles. The van der Waals surface area contributed by atoms with Crippen molar-refractivity contribution in [3.63, 3.8) is 0 Å². The van der Waals surface area contributed by atoms with Crippen LogP contribution in [0.15, 0.2) is 79.0 Å². The van der Waals surface area contributed by atoms with E-state index in [1.807, 2.05) is 72.8 Å². The second-order valence-corrected chi connectivity index (χ2v) is 11.4. The maximum Gasteiger partial charge on any atom is 0.275 e. The first-order valence-corrected chi connectivity index (χ1v) is 14.9. The molecule has 2 aliphatic heterocycles. The minimum atomic E-state index is -0.580. The topological polar surface area (TPSA) is 106 Å². The van der Waals surface area contributed by atoms with Gasteiger partial charge in [0, 0.05) is 36.9 Å². The Bertz CT molecular complexity index is 1530. The van der Waals surface area contributed by atoms with Crippen LogP contribution < -0.4 is 5.32 Å². The molecular weight excluding hydrogens is 544 g/mol. The minimum Gasteiger partial charge on any atom is -0.392 e. The molecule has 0 radical (unpaired) electrons. The van der Waals surface area contributed by atoms with Crippen LogP contribution >= 0.6 is 0 Å². The van der Waals surface area contributed by atoms with E-state index in [4.69, 9.17) is 14.2 Å². The quantitative estimate of drug-likeness (QED) is 0.275. The number of nitrogens with zero attached hydrogens (tertiary/aromatic N) is 3. The number of benzene rings is 3. The van der Waals surface area contributed by atoms with Gasteiger partial charge < -0.3 is 24.6 Å². The summed E-state index contributed by atoms with van der Waals surface area (Å²) in [5.41, 5.74) is 5.09. The molecule has 0 saturated carbocycles. The molecule has 43 heavy (non-hydrogen) atoms. The van der Waals surface area contributed by atoms with E-state index in [9.17, 15) is 9.90 Å². The Hall–Kier alpha value is -3.73. The third-order valence-electron chi connectivity index (χ3n) is 8.52. The van der Waals surface area contributed by atoms with Gasteiger partial charge >= 0.3 is 0 Å². The Morgan fingerprint density at radius 3 is 2.51 bits per heavy atom. The molecule has 3 aromatic carbocycles. The number of hydrogen-bond acceptors (Lipinski definition) is 8. The van der Waals surface area contributed by atoms with E-state index in [-0.39, 0.29) is 36.3 Å². The van der Waals surface area contributed by atoms with Gasteiger partial charge in [0.25, 0.3) is 5.91 Å². The Morgan fingerprint density at radius 2 is 1.77 bits per heavy atom. The number of anilines is 1. The standard InChI is InChI=1S/C34H38N4O5/c1-22-31(19-38-17-5-6-27(38)21-41-2)42-34(43-32(22)24-11-9-23(20-39)10-12-24)25-13-15-26(16-14-25)36-33(40)30-18-35-28-7-3-4-8-29(28)37-30/h3-4,7-16,18,22,27,31-32,34,39H,5-6,17,19-21H2,1-2H3,(H,36,40)/t22-,27+,31+,32+,34+/m1/s1. The molecule has 0 spiro atoms. The average Bonchev–Trinajstić information content (AvgIpc) is 3.48. The van der Waals surface area contributed by atoms with Crippen LogP contribution in [-0.2, 0) is 20.8 Å². The van der Waals surface area contributed by atoms with Crippen molar-refractivity contribution in [2.75, 3.05) is 32.1 Å². The van der Waals surface area contributed by atoms with E-state index >= 15 is 0 Å². The van der Waals surface area contributed by atoms with Crippen LogP contribution in [0.2, 0.25) is 0 Å². The third-order valence-corrected chi connectivity index (χ3v) is 8.52. The number of para-hydroxylation sites is 2. The number of carbonyl (C=O) groups is 1. The van der Waals surface area contributed by atoms with Crippen LogP contribution in [0.5, 0.6) is 0 Å². The first-order chi connectivity index (χ1) is 21.0. The van der Waals surface area contributed by atoms with E-state index in [2.05, 4.69) is 27.1 Å². The molecule has 2 saturated heterocycles. The molecule has 9 heteroatoms. The molecule has 4 aromatic rings. The van der Waals surface area contributed by atoms with Crippen molar-refractivity contribution < 1.29 is 24.1 Å². The van der Waals surface area contributed by atoms with E-state index in [1.165, 1.54) is 6.20 Å². The number of aliphatic hydroxyl groups excluding tert-OH is 1. The summed E-state index contributed by atoms with van der Waals surface area (Å²) in [5, 5.41) is 12.5. The fourth-order valence-corrected chi connectivity index (χ4v) is 6.06. The lowest BCUT2D eigenvalue weighted by Crippen LogP contribution is -2.46. The zero-order valence-electron chi connectivity index (χ0n) is 24.6. The van der Waals surface area contributed by atoms with E-state index in [0.29, 0.717) is 23.9 Å². The maximum atomic E-state index is 12.9. The summed E-state index contributed by atoms with van der Waals surface area (Å²) >= 11 is 0. The fourth-order valence-electron chi connectivity index (χ4n) is 6.06. The molecular formula is C34H38N4O5. The number of amides is 1. The van der Waals surface area contributed by atoms with Gasteiger partial charge in [0.15, 0.2) is 6.29 Å². The molecule has 0 bridgehead atoms. The SMILES string of the molecule is COC[C@@H]1CCCN1C[C@@H]1O[C@H](c2ccc(NC(=O)c3cnc4ccccc4n3)cc2)O[C@H](c2ccc(CO)cc2)[C@@H]1C. The highest BCUT2D eigenvalue weighted by Gasteiger charge is 2.40. The molecule has 2 N–H and O–H groups in total. The van der Waals surface area contributed by atoms with Gasteiger partial charge in [-0.1, -0.05) is 55.5 Å². The van der Waals surface area contributed by atoms with Gasteiger partial charge in [0.2, 0.25) is 0 Å². The molecule has 2 fully saturated rings. The highest BCUT2D eigenvalue weighted by molar-refractivity contribution is 6.03. The molecule has 224 valence electrons. The summed E-state index contributed by atoms with van der Waals surface area (Å²) in [7, 11) is 1.76. The highest BCUT2D eigenvalue weighted by atomic mass is 16.7. The zero-order valence-corrected chi connectivity index (χ0v) is 24.6. The van der Waals surface area contributed by atoms with Crippen LogP contribution in [0.25, 0.3) is 11.0 Å². The van der Waals surface area contributed by atoms with Crippen LogP contribution in [0.4, 0.5) is 5.69 Å². The second-order valence-electron chi connectivity index (χ2n) is 11.4. The Morgan fingerprint density at radius 1 is 1.02 bits per heavy atom. The van der Waals surface area contributed by atoms with Gasteiger partial charge in [-0.3, -0.25) is 14.7 Å². The summed E-state index contributed by atoms with van der Waals surface area (Å²) in [6.45, 7) is 4.72. The first kappa shape index (κ1) is 29.3. The van der Waals surface area contributed by atoms with E-state index in [1.54, 1.807) is 7.11 Å². The number of carbonyl (C=O) groups excluding carboxylic acids is 1. The smallest absolute Gasteiger partial charge is 0.275 e. The monoisotopic (exact) mass is 582 g/mol. The summed E-state index contributed by atoms with van der Waals surface area (Å²) in [6, 6.07) is 23.3. The van der Waals surface area contributed by atoms with Gasteiger partial charge in [0.05, 0.1) is 42.7 Å². The lowest BCUT2D eigenvalue weighted by molar-refractivity contribution is -0.276. The van der Waals surface area contributed by atoms with Crippen molar-refractivity contribution in [3.05, 3.63) is 101 Å². The third kappa shape index (κ3) is 6.61. The fraction of sp³-hybridized carbons (Fsp3) is 0.382. The van der Waals surface area contributed by atoms with Crippen molar-refractivity contribution in [2.45, 2.75) is 50.9 Å². The van der Waals surface area contributed by atoms with E-state index in [0.717, 1.165) is 48.1 Å². The second kappa shape index (κ2) is 13.3. The summed E-state index contributed by atoms with van der Waals surface area (Å²) in [4.78, 5) is 24.2. The van der Waals surface area contributed by atoms with Gasteiger partial charge in [-0.2, -0.15) is 0 Å². The Balaban J connectivity index is 1.20. The summed E-state index contributed by atoms with van der Waals surface area (Å²) in [6.07, 6.45) is 2.93. The number of nitrogens with one attached hydrogen (secondary N) is 1. The zero-order chi connectivity index (χ0) is 29.8. The lowest BCUT2D eigenvalue weighted by atomic mass is 9.90. The number of fused-ring (bicyclic) bond motifs is 1. The average molecular weight is 583 g/mol. The van der Waals surface area contributed by atoms with Crippen LogP contribution in [-0.4, -0.2) is 64.8 Å². The summed E-state index contributed by atoms with van der Waals surface area (Å²) in [5.74, 6) is -0.227. The van der Waals surface area contributed by atoms with Crippen molar-refractivity contribution >= 4 is 22.6 Å². The molecule has 9 nitrogen and oxygen atoms in total. The Kier molecular flexibility index (Phi) is 9.06. The van der Waals surface area contributed by atoms with Crippen LogP contribution in [0.3, 0.4) is 0 Å². The number of hydrogen-bond donors (Lipinski definition) is 2. The highest BCUT2D eigenvalue weighted by Crippen LogP contribution is 2.42. The van der Waals surface area contributed by atoms with Crippen molar-refractivity contribution in [1.82, 2.24) is 14.9 Å². The largest absolute Gasteiger partial charge is 0.392 e. The van der Waals surface area contributed by atoms with Gasteiger partial charge in [-0.25, -0.2) is 4.98 Å². The normalized spacial score (nSPS) is 24.3. The first-order valence-electron chi connectivity index (χ1n) is 14.9. The number of methoxy groups -OCH3 is 1. The van der Waals surface area contributed by atoms with Crippen molar-refractivity contribution in [3.8, 4) is 0 Å².